The van der Waals surface area contributed by atoms with Gasteiger partial charge in [-0.25, -0.2) is 8.42 Å². The summed E-state index contributed by atoms with van der Waals surface area (Å²) in [5.74, 6) is 0.264. The van der Waals surface area contributed by atoms with Gasteiger partial charge in [0, 0.05) is 25.4 Å². The van der Waals surface area contributed by atoms with Crippen LogP contribution in [0.2, 0.25) is 0 Å². The first-order chi connectivity index (χ1) is 14.4. The Bertz CT molecular complexity index is 931. The van der Waals surface area contributed by atoms with Gasteiger partial charge in [-0.2, -0.15) is 4.31 Å². The van der Waals surface area contributed by atoms with Crippen LogP contribution in [0, 0.1) is 0 Å². The van der Waals surface area contributed by atoms with E-state index in [1.165, 1.54) is 11.3 Å². The molecule has 0 radical (unpaired) electrons. The van der Waals surface area contributed by atoms with Crippen LogP contribution in [0.5, 0.6) is 0 Å². The Kier molecular flexibility index (Phi) is 7.96. The first-order valence-electron chi connectivity index (χ1n) is 10.7. The molecule has 1 amide bonds. The molecule has 0 atom stereocenters. The molecule has 0 bridgehead atoms. The molecule has 1 saturated heterocycles. The highest BCUT2D eigenvalue weighted by atomic mass is 32.2. The van der Waals surface area contributed by atoms with Crippen LogP contribution in [-0.2, 0) is 21.2 Å². The topological polar surface area (TPSA) is 92.3 Å². The third-order valence-corrected chi connectivity index (χ3v) is 8.45. The first kappa shape index (κ1) is 22.8. The molecule has 1 fully saturated rings. The van der Waals surface area contributed by atoms with Gasteiger partial charge in [-0.3, -0.25) is 4.79 Å². The largest absolute Gasteiger partial charge is 0.301 e. The Hall–Kier alpha value is -1.84. The summed E-state index contributed by atoms with van der Waals surface area (Å²) in [6.07, 6.45) is 5.76. The summed E-state index contributed by atoms with van der Waals surface area (Å²) in [6, 6.07) is 6.87. The van der Waals surface area contributed by atoms with Crippen molar-refractivity contribution in [3.8, 4) is 0 Å². The fourth-order valence-electron chi connectivity index (χ4n) is 3.61. The minimum atomic E-state index is -3.42. The molecule has 1 aliphatic heterocycles. The first-order valence-corrected chi connectivity index (χ1v) is 12.9. The van der Waals surface area contributed by atoms with Gasteiger partial charge in [-0.05, 0) is 49.8 Å². The summed E-state index contributed by atoms with van der Waals surface area (Å²) in [6.45, 7) is 5.43. The number of nitrogens with zero attached hydrogens (tertiary/aromatic N) is 3. The number of rotatable bonds is 9. The number of aryl methyl sites for hydroxylation is 1. The van der Waals surface area contributed by atoms with Gasteiger partial charge in [0.15, 0.2) is 0 Å². The van der Waals surface area contributed by atoms with Crippen LogP contribution < -0.4 is 5.32 Å². The van der Waals surface area contributed by atoms with Crippen LogP contribution >= 0.6 is 11.3 Å². The number of carbonyl (C=O) groups is 1. The van der Waals surface area contributed by atoms with Gasteiger partial charge in [-0.1, -0.05) is 43.7 Å². The highest BCUT2D eigenvalue weighted by molar-refractivity contribution is 7.89. The van der Waals surface area contributed by atoms with Gasteiger partial charge in [-0.15, -0.1) is 10.2 Å². The standard InChI is InChI=1S/C21H30N4O3S2/c1-3-17(4-2)20-23-24-21(29-20)22-19(26)13-10-16-8-11-18(12-9-16)30(27,28)25-14-6-5-7-15-25/h8-9,11-12,17H,3-7,10,13-15H2,1-2H3,(H,22,24,26). The molecule has 1 N–H and O–H groups in total. The van der Waals surface area contributed by atoms with Crippen molar-refractivity contribution in [2.75, 3.05) is 18.4 Å². The highest BCUT2D eigenvalue weighted by Gasteiger charge is 2.25. The zero-order valence-electron chi connectivity index (χ0n) is 17.6. The second kappa shape index (κ2) is 10.5. The number of hydrogen-bond donors (Lipinski definition) is 1. The van der Waals surface area contributed by atoms with E-state index in [0.29, 0.717) is 41.9 Å². The molecule has 1 aromatic heterocycles. The molecule has 7 nitrogen and oxygen atoms in total. The Labute approximate surface area is 183 Å². The Morgan fingerprint density at radius 1 is 1.10 bits per heavy atom. The number of anilines is 1. The second-order valence-electron chi connectivity index (χ2n) is 7.62. The van der Waals surface area contributed by atoms with Gasteiger partial charge in [0.1, 0.15) is 5.01 Å². The van der Waals surface area contributed by atoms with Crippen molar-refractivity contribution in [3.63, 3.8) is 0 Å². The molecule has 1 aromatic carbocycles. The lowest BCUT2D eigenvalue weighted by Crippen LogP contribution is -2.35. The number of carbonyl (C=O) groups excluding carboxylic acids is 1. The third kappa shape index (κ3) is 5.65. The quantitative estimate of drug-likeness (QED) is 0.618. The maximum absolute atomic E-state index is 12.7. The van der Waals surface area contributed by atoms with Gasteiger partial charge < -0.3 is 5.32 Å². The summed E-state index contributed by atoms with van der Waals surface area (Å²) in [4.78, 5) is 12.6. The summed E-state index contributed by atoms with van der Waals surface area (Å²) in [5, 5.41) is 12.6. The molecule has 3 rings (SSSR count). The fourth-order valence-corrected chi connectivity index (χ4v) is 6.15. The van der Waals surface area contributed by atoms with Crippen molar-refractivity contribution in [2.24, 2.45) is 0 Å². The SMILES string of the molecule is CCC(CC)c1nnc(NC(=O)CCc2ccc(S(=O)(=O)N3CCCCC3)cc2)s1. The van der Waals surface area contributed by atoms with E-state index in [1.807, 2.05) is 0 Å². The average molecular weight is 451 g/mol. The minimum absolute atomic E-state index is 0.118. The van der Waals surface area contributed by atoms with Crippen LogP contribution in [0.4, 0.5) is 5.13 Å². The fraction of sp³-hybridized carbons (Fsp3) is 0.571. The molecule has 164 valence electrons. The maximum atomic E-state index is 12.7. The van der Waals surface area contributed by atoms with Crippen LogP contribution in [-0.4, -0.2) is 41.9 Å². The zero-order valence-corrected chi connectivity index (χ0v) is 19.3. The van der Waals surface area contributed by atoms with Crippen molar-refractivity contribution in [1.29, 1.82) is 0 Å². The number of sulfonamides is 1. The van der Waals surface area contributed by atoms with Crippen LogP contribution in [0.1, 0.15) is 68.9 Å². The molecule has 9 heteroatoms. The van der Waals surface area contributed by atoms with E-state index in [9.17, 15) is 13.2 Å². The van der Waals surface area contributed by atoms with E-state index < -0.39 is 10.0 Å². The van der Waals surface area contributed by atoms with Crippen molar-refractivity contribution in [1.82, 2.24) is 14.5 Å². The van der Waals surface area contributed by atoms with Gasteiger partial charge in [0.25, 0.3) is 0 Å². The number of amides is 1. The molecular weight excluding hydrogens is 420 g/mol. The summed E-state index contributed by atoms with van der Waals surface area (Å²) < 4.78 is 27.0. The zero-order chi connectivity index (χ0) is 21.6. The lowest BCUT2D eigenvalue weighted by Gasteiger charge is -2.25. The van der Waals surface area contributed by atoms with Gasteiger partial charge >= 0.3 is 0 Å². The molecule has 0 aliphatic carbocycles. The van der Waals surface area contributed by atoms with Crippen molar-refractivity contribution in [3.05, 3.63) is 34.8 Å². The Balaban J connectivity index is 1.53. The average Bonchev–Trinajstić information content (AvgIpc) is 3.22. The van der Waals surface area contributed by atoms with Gasteiger partial charge in [0.2, 0.25) is 21.1 Å². The number of hydrogen-bond acceptors (Lipinski definition) is 6. The highest BCUT2D eigenvalue weighted by Crippen LogP contribution is 2.28. The third-order valence-electron chi connectivity index (χ3n) is 5.54. The summed E-state index contributed by atoms with van der Waals surface area (Å²) in [5.41, 5.74) is 0.928. The molecular formula is C21H30N4O3S2. The lowest BCUT2D eigenvalue weighted by molar-refractivity contribution is -0.116. The monoisotopic (exact) mass is 450 g/mol. The second-order valence-corrected chi connectivity index (χ2v) is 10.6. The molecule has 0 saturated carbocycles. The number of nitrogens with one attached hydrogen (secondary N) is 1. The minimum Gasteiger partial charge on any atom is -0.301 e. The van der Waals surface area contributed by atoms with E-state index in [4.69, 9.17) is 0 Å². The van der Waals surface area contributed by atoms with Crippen LogP contribution in [0.3, 0.4) is 0 Å². The molecule has 30 heavy (non-hydrogen) atoms. The lowest BCUT2D eigenvalue weighted by atomic mass is 10.1. The predicted molar refractivity (Wildman–Crippen MR) is 119 cm³/mol. The number of aromatic nitrogens is 2. The van der Waals surface area contributed by atoms with Gasteiger partial charge in [0.05, 0.1) is 4.90 Å². The smallest absolute Gasteiger partial charge is 0.243 e. The molecule has 2 heterocycles. The van der Waals surface area contributed by atoms with E-state index in [-0.39, 0.29) is 5.91 Å². The number of piperidine rings is 1. The maximum Gasteiger partial charge on any atom is 0.243 e. The van der Waals surface area contributed by atoms with Crippen molar-refractivity contribution >= 4 is 32.4 Å². The molecule has 0 spiro atoms. The molecule has 1 aliphatic rings. The van der Waals surface area contributed by atoms with Crippen molar-refractivity contribution in [2.45, 2.75) is 69.6 Å². The van der Waals surface area contributed by atoms with E-state index in [1.54, 1.807) is 28.6 Å². The van der Waals surface area contributed by atoms with E-state index >= 15 is 0 Å². The normalized spacial score (nSPS) is 15.4. The van der Waals surface area contributed by atoms with E-state index in [2.05, 4.69) is 29.4 Å². The van der Waals surface area contributed by atoms with Crippen molar-refractivity contribution < 1.29 is 13.2 Å². The van der Waals surface area contributed by atoms with Crippen LogP contribution in [0.15, 0.2) is 29.2 Å². The number of benzene rings is 1. The summed E-state index contributed by atoms with van der Waals surface area (Å²) in [7, 11) is -3.42. The molecule has 2 aromatic rings. The van der Waals surface area contributed by atoms with Crippen LogP contribution in [0.25, 0.3) is 0 Å². The Morgan fingerprint density at radius 2 is 1.77 bits per heavy atom. The summed E-state index contributed by atoms with van der Waals surface area (Å²) >= 11 is 1.43. The molecule has 0 unspecified atom stereocenters. The van der Waals surface area contributed by atoms with E-state index in [0.717, 1.165) is 42.7 Å². The Morgan fingerprint density at radius 3 is 2.40 bits per heavy atom. The predicted octanol–water partition coefficient (Wildman–Crippen LogP) is 4.19.